The summed E-state index contributed by atoms with van der Waals surface area (Å²) < 4.78 is 0. The lowest BCUT2D eigenvalue weighted by molar-refractivity contribution is 0.100. The number of hydrogen-bond acceptors (Lipinski definition) is 1. The van der Waals surface area contributed by atoms with Crippen LogP contribution in [-0.2, 0) is 0 Å². The van der Waals surface area contributed by atoms with E-state index >= 15 is 0 Å². The molecule has 0 aliphatic heterocycles. The second-order valence-corrected chi connectivity index (χ2v) is 4.73. The van der Waals surface area contributed by atoms with Gasteiger partial charge < -0.3 is 5.73 Å². The predicted molar refractivity (Wildman–Crippen MR) is 74.5 cm³/mol. The van der Waals surface area contributed by atoms with Crippen molar-refractivity contribution in [3.63, 3.8) is 0 Å². The molecule has 2 nitrogen and oxygen atoms in total. The van der Waals surface area contributed by atoms with Crippen LogP contribution in [0.3, 0.4) is 0 Å². The van der Waals surface area contributed by atoms with E-state index in [1.807, 2.05) is 30.3 Å². The number of carbonyl (C=O) groups is 1. The average molecular weight is 239 g/mol. The molecule has 0 aromatic heterocycles. The number of benzene rings is 2. The van der Waals surface area contributed by atoms with Gasteiger partial charge in [0.25, 0.3) is 0 Å². The van der Waals surface area contributed by atoms with Crippen molar-refractivity contribution in [2.24, 2.45) is 5.73 Å². The van der Waals surface area contributed by atoms with Crippen LogP contribution in [0.5, 0.6) is 0 Å². The molecule has 0 atom stereocenters. The maximum atomic E-state index is 11.2. The molecule has 1 amide bonds. The van der Waals surface area contributed by atoms with Crippen molar-refractivity contribution in [3.05, 3.63) is 59.7 Å². The van der Waals surface area contributed by atoms with E-state index in [2.05, 4.69) is 26.0 Å². The van der Waals surface area contributed by atoms with Crippen LogP contribution in [0.4, 0.5) is 0 Å². The summed E-state index contributed by atoms with van der Waals surface area (Å²) in [6.07, 6.45) is 0. The Kier molecular flexibility index (Phi) is 3.47. The highest BCUT2D eigenvalue weighted by atomic mass is 16.1. The van der Waals surface area contributed by atoms with Crippen molar-refractivity contribution >= 4 is 5.91 Å². The van der Waals surface area contributed by atoms with Gasteiger partial charge in [-0.1, -0.05) is 50.2 Å². The number of nitrogens with two attached hydrogens (primary N) is 1. The van der Waals surface area contributed by atoms with E-state index in [0.29, 0.717) is 11.5 Å². The summed E-state index contributed by atoms with van der Waals surface area (Å²) in [4.78, 5) is 11.2. The Morgan fingerprint density at radius 3 is 2.22 bits per heavy atom. The lowest BCUT2D eigenvalue weighted by atomic mass is 9.96. The van der Waals surface area contributed by atoms with Crippen molar-refractivity contribution in [2.45, 2.75) is 19.8 Å². The summed E-state index contributed by atoms with van der Waals surface area (Å²) in [5, 5.41) is 0. The zero-order valence-corrected chi connectivity index (χ0v) is 10.7. The fraction of sp³-hybridized carbons (Fsp3) is 0.188. The molecule has 0 radical (unpaired) electrons. The van der Waals surface area contributed by atoms with Gasteiger partial charge in [0.1, 0.15) is 0 Å². The van der Waals surface area contributed by atoms with Gasteiger partial charge in [-0.25, -0.2) is 0 Å². The SMILES string of the molecule is CC(C)c1cccc(-c2cccc(C(N)=O)c2)c1. The normalized spacial score (nSPS) is 10.6. The van der Waals surface area contributed by atoms with Crippen molar-refractivity contribution in [1.29, 1.82) is 0 Å². The fourth-order valence-corrected chi connectivity index (χ4v) is 1.93. The molecule has 0 heterocycles. The number of rotatable bonds is 3. The fourth-order valence-electron chi connectivity index (χ4n) is 1.93. The van der Waals surface area contributed by atoms with Gasteiger partial charge >= 0.3 is 0 Å². The highest BCUT2D eigenvalue weighted by Crippen LogP contribution is 2.24. The first-order valence-electron chi connectivity index (χ1n) is 6.08. The van der Waals surface area contributed by atoms with Gasteiger partial charge in [0, 0.05) is 5.56 Å². The molecule has 0 unspecified atom stereocenters. The van der Waals surface area contributed by atoms with Crippen LogP contribution in [0.1, 0.15) is 35.7 Å². The van der Waals surface area contributed by atoms with E-state index in [4.69, 9.17) is 5.73 Å². The minimum Gasteiger partial charge on any atom is -0.366 e. The molecular weight excluding hydrogens is 222 g/mol. The van der Waals surface area contributed by atoms with Crippen LogP contribution in [0.2, 0.25) is 0 Å². The van der Waals surface area contributed by atoms with Gasteiger partial charge in [-0.05, 0) is 34.7 Å². The van der Waals surface area contributed by atoms with Crippen LogP contribution >= 0.6 is 0 Å². The summed E-state index contributed by atoms with van der Waals surface area (Å²) >= 11 is 0. The number of primary amides is 1. The van der Waals surface area contributed by atoms with Gasteiger partial charge in [0.15, 0.2) is 0 Å². The Morgan fingerprint density at radius 2 is 1.61 bits per heavy atom. The lowest BCUT2D eigenvalue weighted by Crippen LogP contribution is -2.10. The molecule has 2 rings (SSSR count). The van der Waals surface area contributed by atoms with Crippen molar-refractivity contribution in [1.82, 2.24) is 0 Å². The first kappa shape index (κ1) is 12.4. The minimum absolute atomic E-state index is 0.392. The first-order valence-corrected chi connectivity index (χ1v) is 6.08. The highest BCUT2D eigenvalue weighted by Gasteiger charge is 2.05. The van der Waals surface area contributed by atoms with Crippen LogP contribution in [0.25, 0.3) is 11.1 Å². The Bertz CT molecular complexity index is 573. The quantitative estimate of drug-likeness (QED) is 0.874. The van der Waals surface area contributed by atoms with E-state index in [0.717, 1.165) is 11.1 Å². The molecule has 2 aromatic carbocycles. The molecule has 0 saturated carbocycles. The predicted octanol–water partition coefficient (Wildman–Crippen LogP) is 3.58. The summed E-state index contributed by atoms with van der Waals surface area (Å²) in [7, 11) is 0. The van der Waals surface area contributed by atoms with E-state index in [-0.39, 0.29) is 0 Å². The minimum atomic E-state index is -0.392. The second kappa shape index (κ2) is 5.05. The molecule has 0 fully saturated rings. The molecule has 0 spiro atoms. The molecule has 0 saturated heterocycles. The van der Waals surface area contributed by atoms with Gasteiger partial charge in [-0.15, -0.1) is 0 Å². The summed E-state index contributed by atoms with van der Waals surface area (Å²) in [6, 6.07) is 15.8. The van der Waals surface area contributed by atoms with E-state index in [1.54, 1.807) is 6.07 Å². The molecule has 2 N–H and O–H groups in total. The molecule has 0 aliphatic rings. The van der Waals surface area contributed by atoms with Crippen molar-refractivity contribution in [3.8, 4) is 11.1 Å². The van der Waals surface area contributed by atoms with Crippen LogP contribution < -0.4 is 5.73 Å². The Labute approximate surface area is 107 Å². The molecule has 18 heavy (non-hydrogen) atoms. The third-order valence-electron chi connectivity index (χ3n) is 3.03. The molecule has 92 valence electrons. The van der Waals surface area contributed by atoms with Crippen molar-refractivity contribution in [2.75, 3.05) is 0 Å². The Balaban J connectivity index is 2.45. The maximum Gasteiger partial charge on any atom is 0.248 e. The third-order valence-corrected chi connectivity index (χ3v) is 3.03. The Hall–Kier alpha value is -2.09. The first-order chi connectivity index (χ1) is 8.58. The molecular formula is C16H17NO. The van der Waals surface area contributed by atoms with E-state index in [1.165, 1.54) is 5.56 Å². The van der Waals surface area contributed by atoms with E-state index < -0.39 is 5.91 Å². The molecule has 0 bridgehead atoms. The molecule has 2 heteroatoms. The zero-order valence-electron chi connectivity index (χ0n) is 10.7. The highest BCUT2D eigenvalue weighted by molar-refractivity contribution is 5.94. The third kappa shape index (κ3) is 2.59. The molecule has 2 aromatic rings. The monoisotopic (exact) mass is 239 g/mol. The van der Waals surface area contributed by atoms with Gasteiger partial charge in [-0.3, -0.25) is 4.79 Å². The Morgan fingerprint density at radius 1 is 1.00 bits per heavy atom. The largest absolute Gasteiger partial charge is 0.366 e. The topological polar surface area (TPSA) is 43.1 Å². The zero-order chi connectivity index (χ0) is 13.1. The van der Waals surface area contributed by atoms with Crippen LogP contribution in [0.15, 0.2) is 48.5 Å². The maximum absolute atomic E-state index is 11.2. The summed E-state index contributed by atoms with van der Waals surface area (Å²) in [5.74, 6) is 0.0983. The van der Waals surface area contributed by atoms with Crippen LogP contribution in [-0.4, -0.2) is 5.91 Å². The van der Waals surface area contributed by atoms with Gasteiger partial charge in [-0.2, -0.15) is 0 Å². The number of amides is 1. The van der Waals surface area contributed by atoms with Gasteiger partial charge in [0.2, 0.25) is 5.91 Å². The lowest BCUT2D eigenvalue weighted by Gasteiger charge is -2.09. The number of hydrogen-bond donors (Lipinski definition) is 1. The van der Waals surface area contributed by atoms with Crippen LogP contribution in [0, 0.1) is 0 Å². The smallest absolute Gasteiger partial charge is 0.248 e. The summed E-state index contributed by atoms with van der Waals surface area (Å²) in [5.41, 5.74) is 9.27. The average Bonchev–Trinajstić information content (AvgIpc) is 2.39. The van der Waals surface area contributed by atoms with Gasteiger partial charge in [0.05, 0.1) is 0 Å². The standard InChI is InChI=1S/C16H17NO/c1-11(2)12-5-3-6-13(9-12)14-7-4-8-15(10-14)16(17)18/h3-11H,1-2H3,(H2,17,18). The van der Waals surface area contributed by atoms with E-state index in [9.17, 15) is 4.79 Å². The van der Waals surface area contributed by atoms with Crippen molar-refractivity contribution < 1.29 is 4.79 Å². The second-order valence-electron chi connectivity index (χ2n) is 4.73. The number of carbonyl (C=O) groups excluding carboxylic acids is 1. The molecule has 0 aliphatic carbocycles. The summed E-state index contributed by atoms with van der Waals surface area (Å²) in [6.45, 7) is 4.33.